The Morgan fingerprint density at radius 3 is 2.51 bits per heavy atom. The van der Waals surface area contributed by atoms with Crippen molar-refractivity contribution < 1.29 is 19.1 Å². The number of fused-ring (bicyclic) bond motifs is 2. The summed E-state index contributed by atoms with van der Waals surface area (Å²) >= 11 is 8.11. The van der Waals surface area contributed by atoms with Gasteiger partial charge in [-0.2, -0.15) is 0 Å². The van der Waals surface area contributed by atoms with Crippen molar-refractivity contribution in [2.24, 2.45) is 4.99 Å². The summed E-state index contributed by atoms with van der Waals surface area (Å²) in [5, 5.41) is 2.85. The lowest BCUT2D eigenvalue weighted by Gasteiger charge is -2.27. The number of amides is 1. The third kappa shape index (κ3) is 4.67. The van der Waals surface area contributed by atoms with Crippen molar-refractivity contribution in [3.63, 3.8) is 0 Å². The maximum atomic E-state index is 14.4. The summed E-state index contributed by atoms with van der Waals surface area (Å²) in [5.74, 6) is -0.513. The first kappa shape index (κ1) is 27.4. The average Bonchev–Trinajstić information content (AvgIpc) is 3.46. The number of nitrogens with one attached hydrogen (secondary N) is 1. The Labute approximate surface area is 254 Å². The van der Waals surface area contributed by atoms with Crippen LogP contribution in [0.25, 0.3) is 11.3 Å². The monoisotopic (exact) mass is 693 g/mol. The summed E-state index contributed by atoms with van der Waals surface area (Å²) < 4.78 is 14.4. The molecule has 2 aliphatic rings. The number of aromatic nitrogens is 1. The number of anilines is 1. The van der Waals surface area contributed by atoms with Gasteiger partial charge in [-0.05, 0) is 43.3 Å². The van der Waals surface area contributed by atoms with Gasteiger partial charge in [-0.1, -0.05) is 73.5 Å². The van der Waals surface area contributed by atoms with Gasteiger partial charge in [-0.3, -0.25) is 14.2 Å². The molecule has 6 rings (SSSR count). The molecule has 206 valence electrons. The van der Waals surface area contributed by atoms with E-state index in [1.54, 1.807) is 25.1 Å². The summed E-state index contributed by atoms with van der Waals surface area (Å²) in [7, 11) is 1.53. The molecule has 3 heterocycles. The lowest BCUT2D eigenvalue weighted by molar-refractivity contribution is -0.138. The molecule has 0 bridgehead atoms. The number of ether oxygens (including phenoxy) is 2. The van der Waals surface area contributed by atoms with Crippen LogP contribution in [0.4, 0.5) is 5.69 Å². The zero-order valence-corrected chi connectivity index (χ0v) is 25.7. The molecule has 0 fully saturated rings. The van der Waals surface area contributed by atoms with Crippen LogP contribution in [0.2, 0.25) is 0 Å². The summed E-state index contributed by atoms with van der Waals surface area (Å²) in [6.07, 6.45) is 0. The van der Waals surface area contributed by atoms with E-state index < -0.39 is 17.6 Å². The molecule has 2 aliphatic heterocycles. The third-order valence-electron chi connectivity index (χ3n) is 6.79. The van der Waals surface area contributed by atoms with Crippen molar-refractivity contribution in [1.82, 2.24) is 4.57 Å². The van der Waals surface area contributed by atoms with Gasteiger partial charge in [0.15, 0.2) is 4.80 Å². The molecule has 3 aromatic carbocycles. The molecular formula is C30H21Br2N3O5S. The topological polar surface area (TPSA) is 99.0 Å². The maximum Gasteiger partial charge on any atom is 0.338 e. The summed E-state index contributed by atoms with van der Waals surface area (Å²) in [4.78, 5) is 46.5. The van der Waals surface area contributed by atoms with E-state index in [1.807, 2.05) is 48.5 Å². The van der Waals surface area contributed by atoms with Gasteiger partial charge in [-0.25, -0.2) is 9.79 Å². The van der Waals surface area contributed by atoms with E-state index in [4.69, 9.17) is 14.5 Å². The molecule has 11 heteroatoms. The minimum absolute atomic E-state index is 0.132. The number of benzene rings is 3. The number of esters is 1. The molecular weight excluding hydrogens is 674 g/mol. The van der Waals surface area contributed by atoms with Crippen molar-refractivity contribution in [1.29, 1.82) is 0 Å². The molecule has 4 aromatic rings. The number of thiazole rings is 1. The summed E-state index contributed by atoms with van der Waals surface area (Å²) in [6, 6.07) is 19.1. The smallest absolute Gasteiger partial charge is 0.338 e. The largest absolute Gasteiger partial charge is 0.496 e. The van der Waals surface area contributed by atoms with Crippen LogP contribution in [0, 0.1) is 0 Å². The molecule has 1 aromatic heterocycles. The highest BCUT2D eigenvalue weighted by Gasteiger charge is 2.38. The molecule has 0 radical (unpaired) electrons. The Hall–Kier alpha value is -3.80. The van der Waals surface area contributed by atoms with Gasteiger partial charge in [0.05, 0.1) is 30.6 Å². The molecule has 1 amide bonds. The Kier molecular flexibility index (Phi) is 7.27. The molecule has 0 spiro atoms. The van der Waals surface area contributed by atoms with Crippen LogP contribution in [0.1, 0.15) is 29.7 Å². The van der Waals surface area contributed by atoms with Crippen molar-refractivity contribution in [3.05, 3.63) is 118 Å². The van der Waals surface area contributed by atoms with E-state index in [2.05, 4.69) is 37.2 Å². The number of rotatable bonds is 5. The Morgan fingerprint density at radius 1 is 1.05 bits per heavy atom. The Balaban J connectivity index is 1.76. The fraction of sp³-hybridized carbons (Fsp3) is 0.133. The van der Waals surface area contributed by atoms with E-state index in [1.165, 1.54) is 11.7 Å². The zero-order chi connectivity index (χ0) is 28.8. The molecule has 0 saturated heterocycles. The van der Waals surface area contributed by atoms with E-state index in [9.17, 15) is 14.4 Å². The number of methoxy groups -OCH3 is 1. The highest BCUT2D eigenvalue weighted by atomic mass is 79.9. The second-order valence-corrected chi connectivity index (χ2v) is 12.0. The summed E-state index contributed by atoms with van der Waals surface area (Å²) in [5.41, 5.74) is 2.85. The number of hydrogen-bond donors (Lipinski definition) is 1. The minimum Gasteiger partial charge on any atom is -0.496 e. The quantitative estimate of drug-likeness (QED) is 0.303. The molecule has 0 unspecified atom stereocenters. The van der Waals surface area contributed by atoms with Gasteiger partial charge >= 0.3 is 5.97 Å². The van der Waals surface area contributed by atoms with Crippen LogP contribution < -0.4 is 24.9 Å². The van der Waals surface area contributed by atoms with Gasteiger partial charge in [0.1, 0.15) is 16.3 Å². The van der Waals surface area contributed by atoms with Crippen molar-refractivity contribution in [2.75, 3.05) is 19.0 Å². The first-order valence-electron chi connectivity index (χ1n) is 12.6. The van der Waals surface area contributed by atoms with Gasteiger partial charge in [0.2, 0.25) is 0 Å². The van der Waals surface area contributed by atoms with Crippen molar-refractivity contribution in [3.8, 4) is 5.75 Å². The van der Waals surface area contributed by atoms with Gasteiger partial charge in [0.25, 0.3) is 11.5 Å². The average molecular weight is 695 g/mol. The standard InChI is InChI=1S/C30H21Br2N3O5S/c1-3-40-29(38)23-24(15-7-5-4-6-8-15)34-30-35(25(23)19-14-17(32)10-12-21(19)39-2)28(37)26(41-30)22-18-13-16(31)9-11-20(18)33-27(22)36/h4-14,25H,3H2,1-2H3,(H,33,36)/b26-22+/t25-/m1/s1. The van der Waals surface area contributed by atoms with Crippen LogP contribution in [-0.2, 0) is 14.3 Å². The van der Waals surface area contributed by atoms with Gasteiger partial charge < -0.3 is 14.8 Å². The first-order chi connectivity index (χ1) is 19.8. The van der Waals surface area contributed by atoms with E-state index in [-0.39, 0.29) is 28.2 Å². The van der Waals surface area contributed by atoms with Crippen molar-refractivity contribution in [2.45, 2.75) is 13.0 Å². The fourth-order valence-corrected chi connectivity index (χ4v) is 6.91. The third-order valence-corrected chi connectivity index (χ3v) is 8.83. The van der Waals surface area contributed by atoms with Gasteiger partial charge in [0, 0.05) is 31.3 Å². The van der Waals surface area contributed by atoms with Crippen LogP contribution >= 0.6 is 43.2 Å². The fourth-order valence-electron chi connectivity index (χ4n) is 5.07. The number of carbonyl (C=O) groups is 2. The van der Waals surface area contributed by atoms with Crippen LogP contribution in [0.5, 0.6) is 5.75 Å². The predicted octanol–water partition coefficient (Wildman–Crippen LogP) is 4.79. The second kappa shape index (κ2) is 10.9. The number of halogens is 2. The number of nitrogens with zero attached hydrogens (tertiary/aromatic N) is 2. The predicted molar refractivity (Wildman–Crippen MR) is 163 cm³/mol. The molecule has 0 aliphatic carbocycles. The molecule has 8 nitrogen and oxygen atoms in total. The highest BCUT2D eigenvalue weighted by molar-refractivity contribution is 9.10. The minimum atomic E-state index is -0.950. The molecule has 1 N–H and O–H groups in total. The van der Waals surface area contributed by atoms with E-state index >= 15 is 0 Å². The molecule has 0 saturated carbocycles. The Morgan fingerprint density at radius 2 is 1.78 bits per heavy atom. The highest BCUT2D eigenvalue weighted by Crippen LogP contribution is 2.40. The van der Waals surface area contributed by atoms with Crippen LogP contribution in [-0.4, -0.2) is 30.2 Å². The maximum absolute atomic E-state index is 14.4. The first-order valence-corrected chi connectivity index (χ1v) is 15.0. The Bertz CT molecular complexity index is 1960. The lowest BCUT2D eigenvalue weighted by atomic mass is 9.92. The van der Waals surface area contributed by atoms with Crippen molar-refractivity contribution >= 4 is 72.0 Å². The molecule has 41 heavy (non-hydrogen) atoms. The lowest BCUT2D eigenvalue weighted by Crippen LogP contribution is -2.40. The van der Waals surface area contributed by atoms with Gasteiger partial charge in [-0.15, -0.1) is 0 Å². The normalized spacial score (nSPS) is 17.0. The van der Waals surface area contributed by atoms with E-state index in [0.717, 1.165) is 20.3 Å². The SMILES string of the molecule is CCOC(=O)C1=C(c2ccccc2)N=c2s/c(=C3/C(=O)Nc4ccc(Br)cc43)c(=O)n2[C@@H]1c1cc(Br)ccc1OC. The van der Waals surface area contributed by atoms with E-state index in [0.29, 0.717) is 38.6 Å². The number of hydrogen-bond acceptors (Lipinski definition) is 7. The second-order valence-electron chi connectivity index (χ2n) is 9.16. The summed E-state index contributed by atoms with van der Waals surface area (Å²) in [6.45, 7) is 1.85. The van der Waals surface area contributed by atoms with Crippen LogP contribution in [0.3, 0.4) is 0 Å². The molecule has 1 atom stereocenters. The zero-order valence-electron chi connectivity index (χ0n) is 21.7. The van der Waals surface area contributed by atoms with Crippen LogP contribution in [0.15, 0.2) is 91.0 Å². The number of carbonyl (C=O) groups excluding carboxylic acids is 2.